The van der Waals surface area contributed by atoms with Crippen LogP contribution in [0.2, 0.25) is 0 Å². The standard InChI is InChI=1S/C21H17N5O3.CH2O2/c1-26-12-23-16-11-22-19(25-20(16)26)13-3-2-4-14(9-13)21(27)24-15-5-6-17-18(10-15)29-8-7-28-17;2-1-3/h2-6,9-12H,7-8H2,1H3,(H,24,27);1H,(H,2,3). The van der Waals surface area contributed by atoms with Gasteiger partial charge in [0.2, 0.25) is 0 Å². The van der Waals surface area contributed by atoms with Crippen molar-refractivity contribution in [3.05, 3.63) is 60.6 Å². The Bertz CT molecular complexity index is 1290. The molecule has 10 heteroatoms. The van der Waals surface area contributed by atoms with Crippen molar-refractivity contribution in [2.45, 2.75) is 0 Å². The molecule has 0 unspecified atom stereocenters. The second kappa shape index (κ2) is 9.13. The Morgan fingerprint density at radius 1 is 1.12 bits per heavy atom. The summed E-state index contributed by atoms with van der Waals surface area (Å²) in [6, 6.07) is 12.5. The topological polar surface area (TPSA) is 128 Å². The van der Waals surface area contributed by atoms with Crippen LogP contribution < -0.4 is 14.8 Å². The number of aryl methyl sites for hydroxylation is 1. The average Bonchev–Trinajstić information content (AvgIpc) is 3.19. The third kappa shape index (κ3) is 4.33. The fourth-order valence-electron chi connectivity index (χ4n) is 3.18. The monoisotopic (exact) mass is 433 g/mol. The van der Waals surface area contributed by atoms with Crippen molar-refractivity contribution in [1.82, 2.24) is 19.5 Å². The van der Waals surface area contributed by atoms with E-state index < -0.39 is 0 Å². The van der Waals surface area contributed by atoms with Crippen molar-refractivity contribution in [2.24, 2.45) is 7.05 Å². The van der Waals surface area contributed by atoms with Crippen LogP contribution in [0.25, 0.3) is 22.6 Å². The minimum atomic E-state index is -0.250. The molecule has 2 aromatic heterocycles. The van der Waals surface area contributed by atoms with E-state index in [9.17, 15) is 4.79 Å². The lowest BCUT2D eigenvalue weighted by molar-refractivity contribution is -0.122. The molecule has 0 saturated heterocycles. The fourth-order valence-corrected chi connectivity index (χ4v) is 3.18. The molecule has 1 aliphatic heterocycles. The van der Waals surface area contributed by atoms with Crippen LogP contribution in [0.5, 0.6) is 11.5 Å². The predicted molar refractivity (Wildman–Crippen MR) is 116 cm³/mol. The number of benzene rings is 2. The molecule has 0 atom stereocenters. The van der Waals surface area contributed by atoms with Crippen molar-refractivity contribution >= 4 is 29.2 Å². The maximum Gasteiger partial charge on any atom is 0.290 e. The molecule has 4 aromatic rings. The minimum absolute atomic E-state index is 0.231. The van der Waals surface area contributed by atoms with Crippen LogP contribution >= 0.6 is 0 Å². The molecule has 0 fully saturated rings. The molecular weight excluding hydrogens is 414 g/mol. The Morgan fingerprint density at radius 2 is 1.91 bits per heavy atom. The highest BCUT2D eigenvalue weighted by Crippen LogP contribution is 2.32. The van der Waals surface area contributed by atoms with E-state index in [0.717, 1.165) is 16.7 Å². The van der Waals surface area contributed by atoms with E-state index in [1.54, 1.807) is 42.9 Å². The number of carboxylic acid groups (broad SMARTS) is 1. The first-order valence-corrected chi connectivity index (χ1v) is 9.62. The van der Waals surface area contributed by atoms with E-state index in [1.807, 2.05) is 23.7 Å². The maximum atomic E-state index is 12.8. The highest BCUT2D eigenvalue weighted by molar-refractivity contribution is 6.05. The first-order chi connectivity index (χ1) is 15.6. The summed E-state index contributed by atoms with van der Waals surface area (Å²) in [7, 11) is 1.88. The van der Waals surface area contributed by atoms with Gasteiger partial charge in [0.05, 0.1) is 12.5 Å². The van der Waals surface area contributed by atoms with Crippen LogP contribution in [0, 0.1) is 0 Å². The Labute approximate surface area is 182 Å². The zero-order valence-corrected chi connectivity index (χ0v) is 17.1. The third-order valence-electron chi connectivity index (χ3n) is 4.64. The Hall–Kier alpha value is -4.47. The van der Waals surface area contributed by atoms with Gasteiger partial charge in [-0.1, -0.05) is 12.1 Å². The molecule has 32 heavy (non-hydrogen) atoms. The molecule has 10 nitrogen and oxygen atoms in total. The molecule has 0 saturated carbocycles. The van der Waals surface area contributed by atoms with Crippen molar-refractivity contribution in [2.75, 3.05) is 18.5 Å². The zero-order chi connectivity index (χ0) is 22.5. The second-order valence-corrected chi connectivity index (χ2v) is 6.76. The molecule has 0 bridgehead atoms. The number of carbonyl (C=O) groups excluding carboxylic acids is 1. The Balaban J connectivity index is 0.000000775. The van der Waals surface area contributed by atoms with E-state index >= 15 is 0 Å². The summed E-state index contributed by atoms with van der Waals surface area (Å²) in [5, 5.41) is 9.78. The molecule has 0 spiro atoms. The Kier molecular flexibility index (Phi) is 5.93. The van der Waals surface area contributed by atoms with Crippen molar-refractivity contribution in [3.8, 4) is 22.9 Å². The molecule has 5 rings (SSSR count). The van der Waals surface area contributed by atoms with Gasteiger partial charge in [0.15, 0.2) is 23.0 Å². The number of nitrogens with zero attached hydrogens (tertiary/aromatic N) is 4. The molecule has 1 aliphatic rings. The van der Waals surface area contributed by atoms with Crippen LogP contribution in [0.4, 0.5) is 5.69 Å². The number of carbonyl (C=O) groups is 2. The number of rotatable bonds is 3. The van der Waals surface area contributed by atoms with Gasteiger partial charge in [-0.25, -0.2) is 15.0 Å². The zero-order valence-electron chi connectivity index (χ0n) is 17.1. The van der Waals surface area contributed by atoms with Crippen molar-refractivity contribution in [1.29, 1.82) is 0 Å². The van der Waals surface area contributed by atoms with E-state index in [2.05, 4.69) is 20.3 Å². The predicted octanol–water partition coefficient (Wildman–Crippen LogP) is 2.75. The van der Waals surface area contributed by atoms with E-state index in [4.69, 9.17) is 19.4 Å². The summed E-state index contributed by atoms with van der Waals surface area (Å²) < 4.78 is 12.9. The van der Waals surface area contributed by atoms with Gasteiger partial charge in [0.25, 0.3) is 12.4 Å². The van der Waals surface area contributed by atoms with Crippen LogP contribution in [-0.2, 0) is 11.8 Å². The van der Waals surface area contributed by atoms with Gasteiger partial charge in [-0.2, -0.15) is 0 Å². The van der Waals surface area contributed by atoms with Gasteiger partial charge in [0.1, 0.15) is 18.7 Å². The molecule has 3 heterocycles. The number of amides is 1. The number of hydrogen-bond acceptors (Lipinski definition) is 7. The summed E-state index contributed by atoms with van der Waals surface area (Å²) in [5.74, 6) is 1.61. The van der Waals surface area contributed by atoms with Gasteiger partial charge >= 0.3 is 0 Å². The molecule has 162 valence electrons. The van der Waals surface area contributed by atoms with Gasteiger partial charge in [-0.3, -0.25) is 9.59 Å². The lowest BCUT2D eigenvalue weighted by atomic mass is 10.1. The second-order valence-electron chi connectivity index (χ2n) is 6.76. The highest BCUT2D eigenvalue weighted by atomic mass is 16.6. The lowest BCUT2D eigenvalue weighted by Crippen LogP contribution is -2.16. The highest BCUT2D eigenvalue weighted by Gasteiger charge is 2.14. The number of imidazole rings is 1. The summed E-state index contributed by atoms with van der Waals surface area (Å²) >= 11 is 0. The lowest BCUT2D eigenvalue weighted by Gasteiger charge is -2.19. The number of hydrogen-bond donors (Lipinski definition) is 2. The van der Waals surface area contributed by atoms with Gasteiger partial charge in [0, 0.05) is 29.9 Å². The molecular formula is C22H19N5O5. The number of anilines is 1. The molecule has 2 aromatic carbocycles. The number of ether oxygens (including phenoxy) is 2. The van der Waals surface area contributed by atoms with E-state index in [1.165, 1.54) is 0 Å². The minimum Gasteiger partial charge on any atom is -0.486 e. The van der Waals surface area contributed by atoms with Gasteiger partial charge < -0.3 is 24.5 Å². The first kappa shape index (κ1) is 20.8. The van der Waals surface area contributed by atoms with E-state index in [0.29, 0.717) is 41.8 Å². The van der Waals surface area contributed by atoms with E-state index in [-0.39, 0.29) is 12.4 Å². The summed E-state index contributed by atoms with van der Waals surface area (Å²) in [6.45, 7) is 0.769. The average molecular weight is 433 g/mol. The van der Waals surface area contributed by atoms with Gasteiger partial charge in [-0.15, -0.1) is 0 Å². The SMILES string of the molecule is Cn1cnc2cnc(-c3cccc(C(=O)Nc4ccc5c(c4)OCCO5)c3)nc21.O=CO. The molecule has 1 amide bonds. The molecule has 0 radical (unpaired) electrons. The summed E-state index contributed by atoms with van der Waals surface area (Å²) in [4.78, 5) is 34.3. The van der Waals surface area contributed by atoms with Gasteiger partial charge in [-0.05, 0) is 24.3 Å². The number of fused-ring (bicyclic) bond motifs is 2. The maximum absolute atomic E-state index is 12.8. The summed E-state index contributed by atoms with van der Waals surface area (Å²) in [6.07, 6.45) is 3.37. The third-order valence-corrected chi connectivity index (χ3v) is 4.64. The van der Waals surface area contributed by atoms with Crippen molar-refractivity contribution < 1.29 is 24.2 Å². The summed E-state index contributed by atoms with van der Waals surface area (Å²) in [5.41, 5.74) is 3.36. The number of aromatic nitrogens is 4. The van der Waals surface area contributed by atoms with Crippen molar-refractivity contribution in [3.63, 3.8) is 0 Å². The quantitative estimate of drug-likeness (QED) is 0.472. The largest absolute Gasteiger partial charge is 0.486 e. The van der Waals surface area contributed by atoms with Crippen LogP contribution in [0.1, 0.15) is 10.4 Å². The number of nitrogens with one attached hydrogen (secondary N) is 1. The van der Waals surface area contributed by atoms with Crippen LogP contribution in [0.15, 0.2) is 55.0 Å². The normalized spacial score (nSPS) is 11.9. The first-order valence-electron chi connectivity index (χ1n) is 9.62. The molecule has 0 aliphatic carbocycles. The van der Waals surface area contributed by atoms with Crippen LogP contribution in [-0.4, -0.2) is 50.2 Å². The smallest absolute Gasteiger partial charge is 0.290 e. The van der Waals surface area contributed by atoms with Crippen LogP contribution in [0.3, 0.4) is 0 Å². The fraction of sp³-hybridized carbons (Fsp3) is 0.136. The molecule has 2 N–H and O–H groups in total. The Morgan fingerprint density at radius 3 is 2.72 bits per heavy atom.